The Balaban J connectivity index is 2.27. The highest BCUT2D eigenvalue weighted by molar-refractivity contribution is 5.23. The van der Waals surface area contributed by atoms with Crippen molar-refractivity contribution < 1.29 is 4.74 Å². The quantitative estimate of drug-likeness (QED) is 0.826. The van der Waals surface area contributed by atoms with Crippen LogP contribution in [0.2, 0.25) is 0 Å². The van der Waals surface area contributed by atoms with Crippen molar-refractivity contribution in [2.75, 3.05) is 47.9 Å². The molecule has 2 rings (SSSR count). The third kappa shape index (κ3) is 3.02. The van der Waals surface area contributed by atoms with Gasteiger partial charge in [0.05, 0.1) is 13.2 Å². The summed E-state index contributed by atoms with van der Waals surface area (Å²) < 4.78 is 5.34. The van der Waals surface area contributed by atoms with E-state index in [1.54, 1.807) is 19.5 Å². The molecule has 0 bridgehead atoms. The SMILES string of the molecule is CNC(c1nccnc1OC)C1CN(C)CCN1C. The summed E-state index contributed by atoms with van der Waals surface area (Å²) in [7, 11) is 7.91. The Labute approximate surface area is 114 Å². The molecule has 1 aliphatic heterocycles. The molecule has 0 radical (unpaired) electrons. The van der Waals surface area contributed by atoms with Gasteiger partial charge in [0.1, 0.15) is 5.69 Å². The van der Waals surface area contributed by atoms with Crippen LogP contribution in [0.5, 0.6) is 5.88 Å². The van der Waals surface area contributed by atoms with Crippen molar-refractivity contribution >= 4 is 0 Å². The standard InChI is InChI=1S/C13H23N5O/c1-14-11(10-9-17(2)7-8-18(10)3)12-13(19-4)16-6-5-15-12/h5-6,10-11,14H,7-9H2,1-4H3. The van der Waals surface area contributed by atoms with Gasteiger partial charge in [0.15, 0.2) is 0 Å². The lowest BCUT2D eigenvalue weighted by atomic mass is 10.0. The van der Waals surface area contributed by atoms with Crippen LogP contribution in [0.1, 0.15) is 11.7 Å². The predicted octanol–water partition coefficient (Wildman–Crippen LogP) is -0.00850. The van der Waals surface area contributed by atoms with E-state index in [4.69, 9.17) is 4.74 Å². The molecular formula is C13H23N5O. The maximum Gasteiger partial charge on any atom is 0.237 e. The third-order valence-electron chi connectivity index (χ3n) is 3.77. The average molecular weight is 265 g/mol. The molecule has 2 atom stereocenters. The van der Waals surface area contributed by atoms with Crippen molar-refractivity contribution in [3.8, 4) is 5.88 Å². The molecular weight excluding hydrogens is 242 g/mol. The first kappa shape index (κ1) is 14.2. The van der Waals surface area contributed by atoms with Crippen molar-refractivity contribution in [3.05, 3.63) is 18.1 Å². The zero-order chi connectivity index (χ0) is 13.8. The lowest BCUT2D eigenvalue weighted by Gasteiger charge is -2.41. The highest BCUT2D eigenvalue weighted by Crippen LogP contribution is 2.26. The van der Waals surface area contributed by atoms with E-state index in [1.807, 2.05) is 7.05 Å². The van der Waals surface area contributed by atoms with Crippen LogP contribution >= 0.6 is 0 Å². The molecule has 19 heavy (non-hydrogen) atoms. The number of likely N-dealkylation sites (N-methyl/N-ethyl adjacent to an activating group) is 3. The number of aromatic nitrogens is 2. The van der Waals surface area contributed by atoms with Crippen molar-refractivity contribution in [1.82, 2.24) is 25.1 Å². The Morgan fingerprint density at radius 2 is 2.05 bits per heavy atom. The summed E-state index contributed by atoms with van der Waals surface area (Å²) in [5.41, 5.74) is 0.875. The second-order valence-electron chi connectivity index (χ2n) is 5.03. The fraction of sp³-hybridized carbons (Fsp3) is 0.692. The van der Waals surface area contributed by atoms with Crippen LogP contribution in [0.4, 0.5) is 0 Å². The molecule has 2 heterocycles. The summed E-state index contributed by atoms with van der Waals surface area (Å²) in [5, 5.41) is 3.36. The smallest absolute Gasteiger partial charge is 0.237 e. The van der Waals surface area contributed by atoms with E-state index in [9.17, 15) is 0 Å². The van der Waals surface area contributed by atoms with Crippen LogP contribution < -0.4 is 10.1 Å². The van der Waals surface area contributed by atoms with Gasteiger partial charge in [-0.25, -0.2) is 4.98 Å². The minimum absolute atomic E-state index is 0.108. The Hall–Kier alpha value is -1.24. The van der Waals surface area contributed by atoms with Crippen LogP contribution in [0.3, 0.4) is 0 Å². The molecule has 1 aromatic rings. The van der Waals surface area contributed by atoms with Crippen LogP contribution in [-0.2, 0) is 0 Å². The molecule has 1 aromatic heterocycles. The molecule has 1 fully saturated rings. The summed E-state index contributed by atoms with van der Waals surface area (Å²) in [5.74, 6) is 0.600. The van der Waals surface area contributed by atoms with E-state index in [0.29, 0.717) is 11.9 Å². The van der Waals surface area contributed by atoms with Crippen LogP contribution in [0.25, 0.3) is 0 Å². The average Bonchev–Trinajstić information content (AvgIpc) is 2.44. The van der Waals surface area contributed by atoms with Gasteiger partial charge in [-0.15, -0.1) is 0 Å². The number of piperazine rings is 1. The lowest BCUT2D eigenvalue weighted by Crippen LogP contribution is -2.54. The van der Waals surface area contributed by atoms with Gasteiger partial charge in [-0.2, -0.15) is 0 Å². The van der Waals surface area contributed by atoms with Gasteiger partial charge >= 0.3 is 0 Å². The van der Waals surface area contributed by atoms with Gasteiger partial charge < -0.3 is 15.0 Å². The minimum Gasteiger partial charge on any atom is -0.480 e. The molecule has 6 nitrogen and oxygen atoms in total. The van der Waals surface area contributed by atoms with E-state index in [0.717, 1.165) is 25.3 Å². The molecule has 6 heteroatoms. The first-order valence-electron chi connectivity index (χ1n) is 6.58. The van der Waals surface area contributed by atoms with E-state index in [1.165, 1.54) is 0 Å². The number of rotatable bonds is 4. The van der Waals surface area contributed by atoms with Gasteiger partial charge in [-0.05, 0) is 21.1 Å². The largest absolute Gasteiger partial charge is 0.480 e. The maximum atomic E-state index is 5.34. The Kier molecular flexibility index (Phi) is 4.68. The van der Waals surface area contributed by atoms with Gasteiger partial charge in [0.2, 0.25) is 5.88 Å². The molecule has 0 amide bonds. The summed E-state index contributed by atoms with van der Waals surface area (Å²) in [6, 6.07) is 0.464. The highest BCUT2D eigenvalue weighted by atomic mass is 16.5. The molecule has 2 unspecified atom stereocenters. The summed E-state index contributed by atoms with van der Waals surface area (Å²) in [4.78, 5) is 13.4. The molecule has 1 N–H and O–H groups in total. The van der Waals surface area contributed by atoms with Gasteiger partial charge in [-0.3, -0.25) is 9.88 Å². The van der Waals surface area contributed by atoms with Gasteiger partial charge in [-0.1, -0.05) is 0 Å². The number of hydrogen-bond acceptors (Lipinski definition) is 6. The van der Waals surface area contributed by atoms with E-state index >= 15 is 0 Å². The van der Waals surface area contributed by atoms with Crippen molar-refractivity contribution in [2.45, 2.75) is 12.1 Å². The highest BCUT2D eigenvalue weighted by Gasteiger charge is 2.32. The number of nitrogens with zero attached hydrogens (tertiary/aromatic N) is 4. The molecule has 1 saturated heterocycles. The van der Waals surface area contributed by atoms with Gasteiger partial charge in [0.25, 0.3) is 0 Å². The zero-order valence-corrected chi connectivity index (χ0v) is 12.1. The lowest BCUT2D eigenvalue weighted by molar-refractivity contribution is 0.0876. The van der Waals surface area contributed by atoms with E-state index in [2.05, 4.69) is 39.2 Å². The number of nitrogens with one attached hydrogen (secondary N) is 1. The molecule has 106 valence electrons. The van der Waals surface area contributed by atoms with Crippen molar-refractivity contribution in [3.63, 3.8) is 0 Å². The Bertz CT molecular complexity index is 414. The first-order chi connectivity index (χ1) is 9.17. The fourth-order valence-electron chi connectivity index (χ4n) is 2.62. The topological polar surface area (TPSA) is 53.5 Å². The van der Waals surface area contributed by atoms with Crippen LogP contribution in [0, 0.1) is 0 Å². The minimum atomic E-state index is 0.108. The van der Waals surface area contributed by atoms with Crippen molar-refractivity contribution in [1.29, 1.82) is 0 Å². The van der Waals surface area contributed by atoms with Crippen LogP contribution in [-0.4, -0.2) is 73.7 Å². The first-order valence-corrected chi connectivity index (χ1v) is 6.58. The van der Waals surface area contributed by atoms with Crippen LogP contribution in [0.15, 0.2) is 12.4 Å². The number of ether oxygens (including phenoxy) is 1. The predicted molar refractivity (Wildman–Crippen MR) is 74.3 cm³/mol. The second-order valence-corrected chi connectivity index (χ2v) is 5.03. The van der Waals surface area contributed by atoms with Gasteiger partial charge in [0, 0.05) is 38.1 Å². The summed E-state index contributed by atoms with van der Waals surface area (Å²) >= 11 is 0. The molecule has 0 saturated carbocycles. The molecule has 0 aromatic carbocycles. The van der Waals surface area contributed by atoms with E-state index < -0.39 is 0 Å². The molecule has 1 aliphatic rings. The second kappa shape index (κ2) is 6.27. The monoisotopic (exact) mass is 265 g/mol. The third-order valence-corrected chi connectivity index (χ3v) is 3.77. The number of methoxy groups -OCH3 is 1. The van der Waals surface area contributed by atoms with Crippen molar-refractivity contribution in [2.24, 2.45) is 0 Å². The normalized spacial score (nSPS) is 23.3. The maximum absolute atomic E-state index is 5.34. The molecule has 0 spiro atoms. The summed E-state index contributed by atoms with van der Waals surface area (Å²) in [6.07, 6.45) is 3.38. The number of hydrogen-bond donors (Lipinski definition) is 1. The Morgan fingerprint density at radius 3 is 2.74 bits per heavy atom. The molecule has 0 aliphatic carbocycles. The Morgan fingerprint density at radius 1 is 1.32 bits per heavy atom. The van der Waals surface area contributed by atoms with E-state index in [-0.39, 0.29) is 6.04 Å². The zero-order valence-electron chi connectivity index (χ0n) is 12.1. The fourth-order valence-corrected chi connectivity index (χ4v) is 2.62. The summed E-state index contributed by atoms with van der Waals surface area (Å²) in [6.45, 7) is 3.16.